The van der Waals surface area contributed by atoms with Crippen molar-refractivity contribution in [2.45, 2.75) is 31.8 Å². The molecule has 0 saturated carbocycles. The van der Waals surface area contributed by atoms with E-state index in [-0.39, 0.29) is 11.9 Å². The van der Waals surface area contributed by atoms with Gasteiger partial charge in [0.1, 0.15) is 0 Å². The van der Waals surface area contributed by atoms with E-state index in [0.717, 1.165) is 42.8 Å². The van der Waals surface area contributed by atoms with Crippen molar-refractivity contribution in [1.29, 1.82) is 0 Å². The van der Waals surface area contributed by atoms with Gasteiger partial charge in [0.15, 0.2) is 5.82 Å². The minimum absolute atomic E-state index is 0.00272. The molecule has 1 saturated heterocycles. The Morgan fingerprint density at radius 1 is 1.23 bits per heavy atom. The average molecular weight is 436 g/mol. The second-order valence-corrected chi connectivity index (χ2v) is 8.35. The normalized spacial score (nSPS) is 16.1. The number of benzene rings is 1. The molecule has 1 aliphatic rings. The van der Waals surface area contributed by atoms with E-state index >= 15 is 0 Å². The second kappa shape index (κ2) is 9.98. The van der Waals surface area contributed by atoms with E-state index in [2.05, 4.69) is 20.9 Å². The molecule has 1 amide bonds. The van der Waals surface area contributed by atoms with Crippen molar-refractivity contribution >= 4 is 17.5 Å². The second-order valence-electron chi connectivity index (χ2n) is 7.91. The highest BCUT2D eigenvalue weighted by molar-refractivity contribution is 6.30. The van der Waals surface area contributed by atoms with Crippen molar-refractivity contribution in [3.63, 3.8) is 0 Å². The Balaban J connectivity index is 1.40. The molecule has 160 valence electrons. The van der Waals surface area contributed by atoms with Gasteiger partial charge in [0.05, 0.1) is 11.7 Å². The van der Waals surface area contributed by atoms with Crippen LogP contribution in [-0.4, -0.2) is 50.8 Å². The third kappa shape index (κ3) is 5.46. The van der Waals surface area contributed by atoms with E-state index in [0.29, 0.717) is 23.8 Å². The Morgan fingerprint density at radius 2 is 2.13 bits per heavy atom. The molecule has 0 radical (unpaired) electrons. The molecule has 31 heavy (non-hydrogen) atoms. The Morgan fingerprint density at radius 3 is 2.94 bits per heavy atom. The van der Waals surface area contributed by atoms with E-state index in [9.17, 15) is 4.79 Å². The number of hydrogen-bond donors (Lipinski definition) is 0. The summed E-state index contributed by atoms with van der Waals surface area (Å²) in [7, 11) is 2.03. The molecule has 3 aromatic rings. The van der Waals surface area contributed by atoms with Gasteiger partial charge in [-0.1, -0.05) is 29.8 Å². The van der Waals surface area contributed by atoms with Gasteiger partial charge in [-0.3, -0.25) is 9.78 Å². The van der Waals surface area contributed by atoms with Crippen LogP contribution in [0, 0.1) is 0 Å². The van der Waals surface area contributed by atoms with Crippen LogP contribution in [0.1, 0.15) is 36.6 Å². The first kappa shape index (κ1) is 21.4. The molecule has 4 rings (SSSR count). The van der Waals surface area contributed by atoms with E-state index in [1.807, 2.05) is 54.5 Å². The third-order valence-corrected chi connectivity index (χ3v) is 5.79. The topological polar surface area (TPSA) is 62.2 Å². The SMILES string of the molecule is CN(CCC(=O)N1CCC[C@@H]1c1ccnc(-c2cccc(Cl)c2)n1)Cc1cccnc1. The molecule has 0 unspecified atom stereocenters. The molecule has 1 aliphatic heterocycles. The molecule has 6 nitrogen and oxygen atoms in total. The van der Waals surface area contributed by atoms with E-state index in [1.165, 1.54) is 0 Å². The van der Waals surface area contributed by atoms with Gasteiger partial charge in [-0.2, -0.15) is 0 Å². The first-order chi connectivity index (χ1) is 15.1. The molecule has 1 atom stereocenters. The van der Waals surface area contributed by atoms with Crippen LogP contribution in [0.5, 0.6) is 0 Å². The van der Waals surface area contributed by atoms with Gasteiger partial charge < -0.3 is 9.80 Å². The summed E-state index contributed by atoms with van der Waals surface area (Å²) < 4.78 is 0. The molecule has 0 spiro atoms. The van der Waals surface area contributed by atoms with Crippen LogP contribution < -0.4 is 0 Å². The minimum atomic E-state index is -0.00272. The summed E-state index contributed by atoms with van der Waals surface area (Å²) in [6.45, 7) is 2.25. The number of hydrogen-bond acceptors (Lipinski definition) is 5. The molecule has 0 aliphatic carbocycles. The van der Waals surface area contributed by atoms with E-state index in [1.54, 1.807) is 12.4 Å². The molecule has 7 heteroatoms. The number of amides is 1. The lowest BCUT2D eigenvalue weighted by Gasteiger charge is -2.26. The Labute approximate surface area is 187 Å². The highest BCUT2D eigenvalue weighted by Gasteiger charge is 2.31. The lowest BCUT2D eigenvalue weighted by molar-refractivity contribution is -0.132. The highest BCUT2D eigenvalue weighted by Crippen LogP contribution is 2.32. The fourth-order valence-corrected chi connectivity index (χ4v) is 4.20. The number of likely N-dealkylation sites (tertiary alicyclic amines) is 1. The van der Waals surface area contributed by atoms with Crippen molar-refractivity contribution in [1.82, 2.24) is 24.8 Å². The summed E-state index contributed by atoms with van der Waals surface area (Å²) in [4.78, 5) is 30.5. The first-order valence-electron chi connectivity index (χ1n) is 10.6. The molecule has 0 N–H and O–H groups in total. The maximum absolute atomic E-state index is 13.0. The van der Waals surface area contributed by atoms with Crippen LogP contribution in [0.15, 0.2) is 61.1 Å². The number of pyridine rings is 1. The van der Waals surface area contributed by atoms with Gasteiger partial charge in [0, 0.05) is 55.2 Å². The smallest absolute Gasteiger partial charge is 0.224 e. The maximum atomic E-state index is 13.0. The summed E-state index contributed by atoms with van der Waals surface area (Å²) in [6.07, 6.45) is 7.79. The highest BCUT2D eigenvalue weighted by atomic mass is 35.5. The van der Waals surface area contributed by atoms with Crippen molar-refractivity contribution < 1.29 is 4.79 Å². The summed E-state index contributed by atoms with van der Waals surface area (Å²) in [6, 6.07) is 13.4. The summed E-state index contributed by atoms with van der Waals surface area (Å²) >= 11 is 6.12. The van der Waals surface area contributed by atoms with Crippen LogP contribution in [-0.2, 0) is 11.3 Å². The van der Waals surface area contributed by atoms with Gasteiger partial charge in [0.25, 0.3) is 0 Å². The third-order valence-electron chi connectivity index (χ3n) is 5.56. The molecule has 0 bridgehead atoms. The zero-order valence-corrected chi connectivity index (χ0v) is 18.4. The van der Waals surface area contributed by atoms with Crippen LogP contribution in [0.2, 0.25) is 5.02 Å². The van der Waals surface area contributed by atoms with Crippen LogP contribution in [0.4, 0.5) is 0 Å². The number of carbonyl (C=O) groups is 1. The summed E-state index contributed by atoms with van der Waals surface area (Å²) in [5.41, 5.74) is 2.91. The zero-order valence-electron chi connectivity index (χ0n) is 17.6. The molecule has 3 heterocycles. The first-order valence-corrected chi connectivity index (χ1v) is 10.9. The molecular formula is C24H26ClN5O. The largest absolute Gasteiger partial charge is 0.334 e. The lowest BCUT2D eigenvalue weighted by atomic mass is 10.1. The predicted octanol–water partition coefficient (Wildman–Crippen LogP) is 4.38. The Kier molecular flexibility index (Phi) is 6.89. The fraction of sp³-hybridized carbons (Fsp3) is 0.333. The molecular weight excluding hydrogens is 410 g/mol. The molecule has 2 aromatic heterocycles. The van der Waals surface area contributed by atoms with Crippen molar-refractivity contribution in [2.75, 3.05) is 20.1 Å². The predicted molar refractivity (Wildman–Crippen MR) is 121 cm³/mol. The van der Waals surface area contributed by atoms with Gasteiger partial charge in [-0.25, -0.2) is 9.97 Å². The van der Waals surface area contributed by atoms with E-state index < -0.39 is 0 Å². The zero-order chi connectivity index (χ0) is 21.6. The monoisotopic (exact) mass is 435 g/mol. The average Bonchev–Trinajstić information content (AvgIpc) is 3.28. The maximum Gasteiger partial charge on any atom is 0.224 e. The number of aromatic nitrogens is 3. The lowest BCUT2D eigenvalue weighted by Crippen LogP contribution is -2.33. The van der Waals surface area contributed by atoms with Crippen LogP contribution >= 0.6 is 11.6 Å². The van der Waals surface area contributed by atoms with Gasteiger partial charge in [-0.15, -0.1) is 0 Å². The van der Waals surface area contributed by atoms with Crippen molar-refractivity contribution in [3.05, 3.63) is 77.3 Å². The number of carbonyl (C=O) groups excluding carboxylic acids is 1. The number of nitrogens with zero attached hydrogens (tertiary/aromatic N) is 5. The summed E-state index contributed by atoms with van der Waals surface area (Å²) in [5.74, 6) is 0.805. The van der Waals surface area contributed by atoms with Crippen LogP contribution in [0.25, 0.3) is 11.4 Å². The number of rotatable bonds is 7. The van der Waals surface area contributed by atoms with Gasteiger partial charge >= 0.3 is 0 Å². The Bertz CT molecular complexity index is 1030. The number of halogens is 1. The Hall–Kier alpha value is -2.83. The van der Waals surface area contributed by atoms with Gasteiger partial charge in [-0.05, 0) is 49.7 Å². The summed E-state index contributed by atoms with van der Waals surface area (Å²) in [5, 5.41) is 0.652. The molecule has 1 fully saturated rings. The van der Waals surface area contributed by atoms with Crippen LogP contribution in [0.3, 0.4) is 0 Å². The van der Waals surface area contributed by atoms with Crippen molar-refractivity contribution in [3.8, 4) is 11.4 Å². The molecule has 1 aromatic carbocycles. The standard InChI is InChI=1S/C24H26ClN5O/c1-29(17-18-5-3-11-26-16-18)14-10-23(31)30-13-4-8-22(30)21-9-12-27-24(28-21)19-6-2-7-20(25)15-19/h2-3,5-7,9,11-12,15-16,22H,4,8,10,13-14,17H2,1H3/t22-/m1/s1. The van der Waals surface area contributed by atoms with Gasteiger partial charge in [0.2, 0.25) is 5.91 Å². The fourth-order valence-electron chi connectivity index (χ4n) is 4.01. The van der Waals surface area contributed by atoms with Crippen molar-refractivity contribution in [2.24, 2.45) is 0 Å². The quantitative estimate of drug-likeness (QED) is 0.551. The van der Waals surface area contributed by atoms with E-state index in [4.69, 9.17) is 16.6 Å². The minimum Gasteiger partial charge on any atom is -0.334 e.